The van der Waals surface area contributed by atoms with Crippen LogP contribution in [0.1, 0.15) is 31.5 Å². The van der Waals surface area contributed by atoms with Crippen molar-refractivity contribution in [2.24, 2.45) is 5.41 Å². The van der Waals surface area contributed by atoms with Crippen molar-refractivity contribution in [1.82, 2.24) is 20.7 Å². The van der Waals surface area contributed by atoms with Crippen LogP contribution in [0, 0.1) is 5.41 Å². The van der Waals surface area contributed by atoms with Gasteiger partial charge < -0.3 is 14.7 Å². The number of benzene rings is 1. The summed E-state index contributed by atoms with van der Waals surface area (Å²) in [7, 11) is 3.86. The highest BCUT2D eigenvalue weighted by atomic mass is 16.6. The average Bonchev–Trinajstić information content (AvgIpc) is 3.23. The maximum atomic E-state index is 5.22. The normalized spacial score (nSPS) is 15.9. The first-order chi connectivity index (χ1) is 13.0. The van der Waals surface area contributed by atoms with Crippen LogP contribution in [-0.2, 0) is 17.7 Å². The first-order valence-electron chi connectivity index (χ1n) is 9.66. The van der Waals surface area contributed by atoms with Crippen molar-refractivity contribution >= 4 is 16.6 Å². The third-order valence-electron chi connectivity index (χ3n) is 5.63. The number of H-pyrrole nitrogens is 2. The standard InChI is InChI=1S/C21H29N5O/c1-21(2)8-7-16-19(13-21)24-25-20(16)18-11-14-5-6-15(12-17(14)23-18)26(4)9-10-27-22-3/h5-6,11-12,22-23H,7-10,13H2,1-4H3,(H,24,25). The number of hydrogen-bond donors (Lipinski definition) is 3. The molecule has 1 aliphatic rings. The van der Waals surface area contributed by atoms with Crippen LogP contribution < -0.4 is 10.4 Å². The van der Waals surface area contributed by atoms with Gasteiger partial charge in [0.15, 0.2) is 0 Å². The molecule has 0 fully saturated rings. The lowest BCUT2D eigenvalue weighted by Gasteiger charge is -2.28. The fraction of sp³-hybridized carbons (Fsp3) is 0.476. The van der Waals surface area contributed by atoms with Crippen molar-refractivity contribution in [1.29, 1.82) is 0 Å². The lowest BCUT2D eigenvalue weighted by Crippen LogP contribution is -2.24. The van der Waals surface area contributed by atoms with Gasteiger partial charge in [-0.2, -0.15) is 5.10 Å². The maximum Gasteiger partial charge on any atom is 0.112 e. The van der Waals surface area contributed by atoms with Gasteiger partial charge in [-0.1, -0.05) is 19.9 Å². The predicted molar refractivity (Wildman–Crippen MR) is 110 cm³/mol. The van der Waals surface area contributed by atoms with Crippen LogP contribution >= 0.6 is 0 Å². The molecular weight excluding hydrogens is 338 g/mol. The number of aromatic nitrogens is 3. The smallest absolute Gasteiger partial charge is 0.112 e. The van der Waals surface area contributed by atoms with E-state index in [2.05, 4.69) is 70.7 Å². The minimum absolute atomic E-state index is 0.355. The van der Waals surface area contributed by atoms with E-state index in [0.29, 0.717) is 12.0 Å². The highest BCUT2D eigenvalue weighted by molar-refractivity contribution is 5.88. The Balaban J connectivity index is 1.60. The molecule has 0 aliphatic heterocycles. The SMILES string of the molecule is CNOCCN(C)c1ccc2cc(-c3n[nH]c4c3CCC(C)(C)C4)[nH]c2c1. The van der Waals surface area contributed by atoms with E-state index in [0.717, 1.165) is 36.3 Å². The predicted octanol–water partition coefficient (Wildman–Crippen LogP) is 3.66. The molecule has 3 aromatic rings. The highest BCUT2D eigenvalue weighted by Gasteiger charge is 2.29. The summed E-state index contributed by atoms with van der Waals surface area (Å²) >= 11 is 0. The van der Waals surface area contributed by atoms with Crippen molar-refractivity contribution in [2.45, 2.75) is 33.1 Å². The molecule has 1 aromatic carbocycles. The van der Waals surface area contributed by atoms with E-state index in [1.807, 2.05) is 0 Å². The molecule has 0 unspecified atom stereocenters. The second-order valence-corrected chi connectivity index (χ2v) is 8.30. The van der Waals surface area contributed by atoms with Crippen molar-refractivity contribution < 1.29 is 4.84 Å². The first-order valence-corrected chi connectivity index (χ1v) is 9.66. The molecule has 0 amide bonds. The Labute approximate surface area is 160 Å². The third-order valence-corrected chi connectivity index (χ3v) is 5.63. The molecule has 6 nitrogen and oxygen atoms in total. The fourth-order valence-corrected chi connectivity index (χ4v) is 3.96. The van der Waals surface area contributed by atoms with Gasteiger partial charge in [0.05, 0.1) is 12.3 Å². The molecule has 6 heteroatoms. The summed E-state index contributed by atoms with van der Waals surface area (Å²) in [5, 5.41) is 9.14. The summed E-state index contributed by atoms with van der Waals surface area (Å²) < 4.78 is 0. The van der Waals surface area contributed by atoms with Crippen LogP contribution in [0.15, 0.2) is 24.3 Å². The molecule has 2 aromatic heterocycles. The van der Waals surface area contributed by atoms with Crippen molar-refractivity contribution in [3.05, 3.63) is 35.5 Å². The Morgan fingerprint density at radius 3 is 2.96 bits per heavy atom. The number of fused-ring (bicyclic) bond motifs is 2. The average molecular weight is 367 g/mol. The first kappa shape index (κ1) is 18.1. The number of anilines is 1. The van der Waals surface area contributed by atoms with Crippen molar-refractivity contribution in [2.75, 3.05) is 32.1 Å². The van der Waals surface area contributed by atoms with Gasteiger partial charge >= 0.3 is 0 Å². The number of hydrogen-bond acceptors (Lipinski definition) is 4. The number of nitrogens with one attached hydrogen (secondary N) is 3. The Morgan fingerprint density at radius 1 is 1.30 bits per heavy atom. The Morgan fingerprint density at radius 2 is 2.15 bits per heavy atom. The van der Waals surface area contributed by atoms with E-state index < -0.39 is 0 Å². The van der Waals surface area contributed by atoms with Crippen molar-refractivity contribution in [3.8, 4) is 11.4 Å². The zero-order valence-electron chi connectivity index (χ0n) is 16.6. The van der Waals surface area contributed by atoms with Gasteiger partial charge in [-0.05, 0) is 42.9 Å². The molecule has 27 heavy (non-hydrogen) atoms. The molecule has 1 aliphatic carbocycles. The molecule has 0 spiro atoms. The summed E-state index contributed by atoms with van der Waals surface area (Å²) in [6.07, 6.45) is 3.36. The number of hydroxylamine groups is 1. The monoisotopic (exact) mass is 367 g/mol. The second-order valence-electron chi connectivity index (χ2n) is 8.30. The molecule has 0 saturated carbocycles. The summed E-state index contributed by atoms with van der Waals surface area (Å²) in [4.78, 5) is 11.0. The van der Waals surface area contributed by atoms with E-state index in [-0.39, 0.29) is 0 Å². The summed E-state index contributed by atoms with van der Waals surface area (Å²) in [6.45, 7) is 6.12. The molecule has 0 atom stereocenters. The molecular formula is C21H29N5O. The quantitative estimate of drug-likeness (QED) is 0.459. The van der Waals surface area contributed by atoms with Crippen LogP contribution in [0.5, 0.6) is 0 Å². The maximum absolute atomic E-state index is 5.22. The number of nitrogens with zero attached hydrogens (tertiary/aromatic N) is 2. The Bertz CT molecular complexity index is 939. The molecule has 0 saturated heterocycles. The molecule has 0 radical (unpaired) electrons. The molecule has 4 rings (SSSR count). The minimum atomic E-state index is 0.355. The number of aromatic amines is 2. The zero-order valence-corrected chi connectivity index (χ0v) is 16.6. The zero-order chi connectivity index (χ0) is 19.0. The van der Waals surface area contributed by atoms with Gasteiger partial charge in [-0.25, -0.2) is 5.48 Å². The van der Waals surface area contributed by atoms with E-state index in [1.165, 1.54) is 28.8 Å². The largest absolute Gasteiger partial charge is 0.372 e. The van der Waals surface area contributed by atoms with Crippen LogP contribution in [0.2, 0.25) is 0 Å². The topological polar surface area (TPSA) is 69.0 Å². The molecule has 3 N–H and O–H groups in total. The van der Waals surface area contributed by atoms with E-state index in [1.54, 1.807) is 7.05 Å². The van der Waals surface area contributed by atoms with Gasteiger partial charge in [0.2, 0.25) is 0 Å². The van der Waals surface area contributed by atoms with E-state index >= 15 is 0 Å². The highest BCUT2D eigenvalue weighted by Crippen LogP contribution is 2.38. The summed E-state index contributed by atoms with van der Waals surface area (Å²) in [5.41, 5.74) is 10.2. The minimum Gasteiger partial charge on any atom is -0.372 e. The van der Waals surface area contributed by atoms with Gasteiger partial charge in [-0.3, -0.25) is 5.10 Å². The molecule has 0 bridgehead atoms. The Hall–Kier alpha value is -2.31. The third kappa shape index (κ3) is 3.59. The summed E-state index contributed by atoms with van der Waals surface area (Å²) in [6, 6.07) is 8.73. The van der Waals surface area contributed by atoms with Gasteiger partial charge in [0, 0.05) is 48.5 Å². The van der Waals surface area contributed by atoms with Gasteiger partial charge in [0.25, 0.3) is 0 Å². The molecule has 144 valence electrons. The van der Waals surface area contributed by atoms with Crippen LogP contribution in [0.4, 0.5) is 5.69 Å². The lowest BCUT2D eigenvalue weighted by atomic mass is 9.76. The number of rotatable bonds is 6. The van der Waals surface area contributed by atoms with Gasteiger partial charge in [-0.15, -0.1) is 0 Å². The number of likely N-dealkylation sites (N-methyl/N-ethyl adjacent to an activating group) is 1. The summed E-state index contributed by atoms with van der Waals surface area (Å²) in [5.74, 6) is 0. The molecule has 2 heterocycles. The second kappa shape index (κ2) is 7.02. The van der Waals surface area contributed by atoms with Gasteiger partial charge in [0.1, 0.15) is 5.69 Å². The van der Waals surface area contributed by atoms with E-state index in [9.17, 15) is 0 Å². The van der Waals surface area contributed by atoms with Crippen LogP contribution in [0.3, 0.4) is 0 Å². The lowest BCUT2D eigenvalue weighted by molar-refractivity contribution is 0.0636. The van der Waals surface area contributed by atoms with Crippen LogP contribution in [-0.4, -0.2) is 42.4 Å². The fourth-order valence-electron chi connectivity index (χ4n) is 3.96. The van der Waals surface area contributed by atoms with Crippen LogP contribution in [0.25, 0.3) is 22.3 Å². The van der Waals surface area contributed by atoms with Crippen molar-refractivity contribution in [3.63, 3.8) is 0 Å². The van der Waals surface area contributed by atoms with E-state index in [4.69, 9.17) is 4.84 Å². The Kier molecular flexibility index (Phi) is 4.70.